The Labute approximate surface area is 103 Å². The van der Waals surface area contributed by atoms with Gasteiger partial charge >= 0.3 is 5.97 Å². The standard InChI is InChI=1S/C13H22O4/c1-9-7-15-13(16-8-9)11-3-5-12(6-4-11)17-10(2)14/h9,11-13H,3-8H2,1-2H3. The minimum atomic E-state index is -0.174. The fourth-order valence-corrected chi connectivity index (χ4v) is 2.60. The monoisotopic (exact) mass is 242 g/mol. The van der Waals surface area contributed by atoms with Gasteiger partial charge in [-0.25, -0.2) is 0 Å². The second-order valence-corrected chi connectivity index (χ2v) is 5.29. The number of hydrogen-bond acceptors (Lipinski definition) is 4. The van der Waals surface area contributed by atoms with Gasteiger partial charge in [0.25, 0.3) is 0 Å². The first-order valence-electron chi connectivity index (χ1n) is 6.55. The molecule has 0 radical (unpaired) electrons. The average molecular weight is 242 g/mol. The molecule has 0 aromatic heterocycles. The van der Waals surface area contributed by atoms with Gasteiger partial charge in [-0.2, -0.15) is 0 Å². The molecule has 0 N–H and O–H groups in total. The third-order valence-electron chi connectivity index (χ3n) is 3.53. The van der Waals surface area contributed by atoms with Gasteiger partial charge in [0.1, 0.15) is 6.10 Å². The van der Waals surface area contributed by atoms with E-state index in [1.807, 2.05) is 0 Å². The molecule has 0 aromatic rings. The third-order valence-corrected chi connectivity index (χ3v) is 3.53. The second-order valence-electron chi connectivity index (χ2n) is 5.29. The van der Waals surface area contributed by atoms with Crippen LogP contribution in [0, 0.1) is 11.8 Å². The van der Waals surface area contributed by atoms with Crippen LogP contribution in [0.3, 0.4) is 0 Å². The van der Waals surface area contributed by atoms with Crippen molar-refractivity contribution in [2.75, 3.05) is 13.2 Å². The molecule has 0 bridgehead atoms. The molecule has 1 saturated heterocycles. The van der Waals surface area contributed by atoms with E-state index in [9.17, 15) is 4.79 Å². The maximum absolute atomic E-state index is 10.9. The van der Waals surface area contributed by atoms with E-state index in [-0.39, 0.29) is 18.4 Å². The molecule has 0 unspecified atom stereocenters. The highest BCUT2D eigenvalue weighted by Crippen LogP contribution is 2.32. The van der Waals surface area contributed by atoms with Crippen molar-refractivity contribution in [3.05, 3.63) is 0 Å². The van der Waals surface area contributed by atoms with Crippen LogP contribution in [0.25, 0.3) is 0 Å². The van der Waals surface area contributed by atoms with Gasteiger partial charge in [0.05, 0.1) is 13.2 Å². The Hall–Kier alpha value is -0.610. The van der Waals surface area contributed by atoms with Gasteiger partial charge < -0.3 is 14.2 Å². The van der Waals surface area contributed by atoms with Crippen molar-refractivity contribution in [2.24, 2.45) is 11.8 Å². The van der Waals surface area contributed by atoms with E-state index in [2.05, 4.69) is 6.92 Å². The van der Waals surface area contributed by atoms with Crippen LogP contribution in [0.4, 0.5) is 0 Å². The SMILES string of the molecule is CC(=O)OC1CCC(C2OCC(C)CO2)CC1. The van der Waals surface area contributed by atoms with Crippen molar-refractivity contribution in [3.8, 4) is 0 Å². The minimum Gasteiger partial charge on any atom is -0.463 e. The number of hydrogen-bond donors (Lipinski definition) is 0. The molecular formula is C13H22O4. The molecule has 4 heteroatoms. The normalized spacial score (nSPS) is 38.7. The lowest BCUT2D eigenvalue weighted by atomic mass is 9.86. The van der Waals surface area contributed by atoms with Crippen LogP contribution < -0.4 is 0 Å². The number of rotatable bonds is 2. The first-order chi connectivity index (χ1) is 8.15. The Morgan fingerprint density at radius 2 is 1.71 bits per heavy atom. The fourth-order valence-electron chi connectivity index (χ4n) is 2.60. The summed E-state index contributed by atoms with van der Waals surface area (Å²) in [7, 11) is 0. The van der Waals surface area contributed by atoms with Crippen LogP contribution in [0.5, 0.6) is 0 Å². The van der Waals surface area contributed by atoms with Crippen molar-refractivity contribution in [3.63, 3.8) is 0 Å². The van der Waals surface area contributed by atoms with E-state index in [1.165, 1.54) is 6.92 Å². The van der Waals surface area contributed by atoms with Crippen molar-refractivity contribution in [1.29, 1.82) is 0 Å². The van der Waals surface area contributed by atoms with Gasteiger partial charge in [0.2, 0.25) is 0 Å². The van der Waals surface area contributed by atoms with E-state index >= 15 is 0 Å². The summed E-state index contributed by atoms with van der Waals surface area (Å²) in [5, 5.41) is 0. The summed E-state index contributed by atoms with van der Waals surface area (Å²) in [6, 6.07) is 0. The van der Waals surface area contributed by atoms with Crippen LogP contribution >= 0.6 is 0 Å². The quantitative estimate of drug-likeness (QED) is 0.696. The van der Waals surface area contributed by atoms with Gasteiger partial charge in [-0.05, 0) is 25.7 Å². The van der Waals surface area contributed by atoms with Gasteiger partial charge in [-0.3, -0.25) is 4.79 Å². The molecule has 2 rings (SSSR count). The highest BCUT2D eigenvalue weighted by atomic mass is 16.7. The molecule has 2 aliphatic rings. The molecular weight excluding hydrogens is 220 g/mol. The minimum absolute atomic E-state index is 0.0375. The van der Waals surface area contributed by atoms with E-state index < -0.39 is 0 Å². The Bertz CT molecular complexity index is 250. The fraction of sp³-hybridized carbons (Fsp3) is 0.923. The average Bonchev–Trinajstić information content (AvgIpc) is 2.30. The molecule has 17 heavy (non-hydrogen) atoms. The number of carbonyl (C=O) groups is 1. The van der Waals surface area contributed by atoms with E-state index in [0.717, 1.165) is 38.9 Å². The molecule has 0 amide bonds. The Balaban J connectivity index is 1.73. The summed E-state index contributed by atoms with van der Waals surface area (Å²) < 4.78 is 16.7. The molecule has 0 aromatic carbocycles. The molecule has 1 heterocycles. The Morgan fingerprint density at radius 3 is 2.24 bits per heavy atom. The predicted molar refractivity (Wildman–Crippen MR) is 62.4 cm³/mol. The van der Waals surface area contributed by atoms with Crippen molar-refractivity contribution in [2.45, 2.75) is 51.9 Å². The zero-order valence-corrected chi connectivity index (χ0v) is 10.7. The van der Waals surface area contributed by atoms with Crippen LogP contribution in [0.2, 0.25) is 0 Å². The first kappa shape index (κ1) is 12.8. The molecule has 0 spiro atoms. The Kier molecular flexibility index (Phi) is 4.40. The van der Waals surface area contributed by atoms with Crippen LogP contribution in [0.1, 0.15) is 39.5 Å². The molecule has 1 aliphatic heterocycles. The summed E-state index contributed by atoms with van der Waals surface area (Å²) in [6.45, 7) is 5.21. The summed E-state index contributed by atoms with van der Waals surface area (Å²) in [4.78, 5) is 10.9. The molecule has 0 atom stereocenters. The first-order valence-corrected chi connectivity index (χ1v) is 6.55. The van der Waals surface area contributed by atoms with Crippen molar-refractivity contribution < 1.29 is 19.0 Å². The Morgan fingerprint density at radius 1 is 1.12 bits per heavy atom. The van der Waals surface area contributed by atoms with Crippen LogP contribution in [-0.4, -0.2) is 31.6 Å². The van der Waals surface area contributed by atoms with Gasteiger partial charge in [0, 0.05) is 18.8 Å². The number of esters is 1. The summed E-state index contributed by atoms with van der Waals surface area (Å²) >= 11 is 0. The highest BCUT2D eigenvalue weighted by molar-refractivity contribution is 5.66. The highest BCUT2D eigenvalue weighted by Gasteiger charge is 2.32. The maximum atomic E-state index is 10.9. The zero-order valence-electron chi connectivity index (χ0n) is 10.7. The second kappa shape index (κ2) is 5.83. The van der Waals surface area contributed by atoms with Gasteiger partial charge in [0.15, 0.2) is 6.29 Å². The zero-order chi connectivity index (χ0) is 12.3. The third kappa shape index (κ3) is 3.68. The lowest BCUT2D eigenvalue weighted by molar-refractivity contribution is -0.228. The topological polar surface area (TPSA) is 44.8 Å². The molecule has 2 fully saturated rings. The molecule has 98 valence electrons. The van der Waals surface area contributed by atoms with E-state index in [1.54, 1.807) is 0 Å². The van der Waals surface area contributed by atoms with E-state index in [0.29, 0.717) is 11.8 Å². The van der Waals surface area contributed by atoms with E-state index in [4.69, 9.17) is 14.2 Å². The predicted octanol–water partition coefficient (Wildman–Crippen LogP) is 2.12. The van der Waals surface area contributed by atoms with Crippen LogP contribution in [-0.2, 0) is 19.0 Å². The smallest absolute Gasteiger partial charge is 0.302 e. The molecule has 1 saturated carbocycles. The van der Waals surface area contributed by atoms with Crippen molar-refractivity contribution in [1.82, 2.24) is 0 Å². The lowest BCUT2D eigenvalue weighted by Gasteiger charge is -2.36. The summed E-state index contributed by atoms with van der Waals surface area (Å²) in [5.74, 6) is 0.797. The van der Waals surface area contributed by atoms with Gasteiger partial charge in [-0.1, -0.05) is 6.92 Å². The van der Waals surface area contributed by atoms with Crippen LogP contribution in [0.15, 0.2) is 0 Å². The van der Waals surface area contributed by atoms with Gasteiger partial charge in [-0.15, -0.1) is 0 Å². The lowest BCUT2D eigenvalue weighted by Crippen LogP contribution is -2.38. The summed E-state index contributed by atoms with van der Waals surface area (Å²) in [6.07, 6.45) is 3.98. The largest absolute Gasteiger partial charge is 0.463 e. The van der Waals surface area contributed by atoms with Crippen molar-refractivity contribution >= 4 is 5.97 Å². The number of ether oxygens (including phenoxy) is 3. The summed E-state index contributed by atoms with van der Waals surface area (Å²) in [5.41, 5.74) is 0. The molecule has 1 aliphatic carbocycles. The molecule has 4 nitrogen and oxygen atoms in total. The maximum Gasteiger partial charge on any atom is 0.302 e. The number of carbonyl (C=O) groups excluding carboxylic acids is 1.